The third-order valence-electron chi connectivity index (χ3n) is 3.37. The van der Waals surface area contributed by atoms with E-state index in [1.807, 2.05) is 31.2 Å². The normalized spacial score (nSPS) is 11.0. The third kappa shape index (κ3) is 3.81. The third-order valence-corrected chi connectivity index (χ3v) is 3.37. The van der Waals surface area contributed by atoms with E-state index < -0.39 is 0 Å². The van der Waals surface area contributed by atoms with Gasteiger partial charge in [-0.15, -0.1) is 0 Å². The number of aryl methyl sites for hydroxylation is 1. The van der Waals surface area contributed by atoms with Crippen LogP contribution in [-0.4, -0.2) is 29.4 Å². The van der Waals surface area contributed by atoms with Gasteiger partial charge in [-0.05, 0) is 44.5 Å². The second-order valence-corrected chi connectivity index (χ2v) is 4.87. The number of benzene rings is 1. The Balaban J connectivity index is 2.19. The quantitative estimate of drug-likeness (QED) is 0.851. The van der Waals surface area contributed by atoms with Crippen LogP contribution in [0.2, 0.25) is 0 Å². The molecule has 0 radical (unpaired) electrons. The Hall–Kier alpha value is -2.36. The monoisotopic (exact) mass is 283 g/mol. The molecule has 2 aromatic rings. The molecule has 4 nitrogen and oxygen atoms in total. The van der Waals surface area contributed by atoms with Crippen molar-refractivity contribution in [3.05, 3.63) is 47.7 Å². The summed E-state index contributed by atoms with van der Waals surface area (Å²) in [5.41, 5.74) is 2.80. The Morgan fingerprint density at radius 3 is 2.52 bits per heavy atom. The van der Waals surface area contributed by atoms with Gasteiger partial charge in [0.05, 0.1) is 0 Å². The fourth-order valence-electron chi connectivity index (χ4n) is 2.10. The van der Waals surface area contributed by atoms with Crippen molar-refractivity contribution in [1.29, 1.82) is 0 Å². The zero-order valence-corrected chi connectivity index (χ0v) is 12.7. The van der Waals surface area contributed by atoms with Gasteiger partial charge in [0.15, 0.2) is 5.82 Å². The summed E-state index contributed by atoms with van der Waals surface area (Å²) in [4.78, 5) is 10.7. The predicted molar refractivity (Wildman–Crippen MR) is 87.9 cm³/mol. The number of aromatic hydroxyl groups is 1. The van der Waals surface area contributed by atoms with Crippen LogP contribution in [0, 0.1) is 6.92 Å². The van der Waals surface area contributed by atoms with Crippen LogP contribution in [0.15, 0.2) is 41.5 Å². The lowest BCUT2D eigenvalue weighted by molar-refractivity contribution is 0.474. The molecule has 1 heterocycles. The smallest absolute Gasteiger partial charge is 0.151 e. The molecule has 21 heavy (non-hydrogen) atoms. The molecule has 0 saturated heterocycles. The van der Waals surface area contributed by atoms with Gasteiger partial charge in [0.2, 0.25) is 0 Å². The molecule has 2 rings (SSSR count). The molecule has 0 amide bonds. The van der Waals surface area contributed by atoms with Crippen LogP contribution in [0.25, 0.3) is 0 Å². The molecule has 0 aliphatic rings. The maximum Gasteiger partial charge on any atom is 0.151 e. The summed E-state index contributed by atoms with van der Waals surface area (Å²) < 4.78 is 0. The number of pyridine rings is 1. The minimum absolute atomic E-state index is 0.232. The molecule has 1 aromatic heterocycles. The first-order valence-electron chi connectivity index (χ1n) is 7.18. The van der Waals surface area contributed by atoms with E-state index in [0.717, 1.165) is 24.3 Å². The number of aromatic nitrogens is 1. The lowest BCUT2D eigenvalue weighted by Gasteiger charge is -2.21. The van der Waals surface area contributed by atoms with Crippen molar-refractivity contribution in [1.82, 2.24) is 4.98 Å². The van der Waals surface area contributed by atoms with E-state index in [0.29, 0.717) is 11.4 Å². The number of anilines is 1. The first-order valence-corrected chi connectivity index (χ1v) is 7.18. The molecule has 1 N–H and O–H groups in total. The summed E-state index contributed by atoms with van der Waals surface area (Å²) in [6, 6.07) is 9.46. The highest BCUT2D eigenvalue weighted by Gasteiger charge is 2.05. The van der Waals surface area contributed by atoms with E-state index in [9.17, 15) is 5.11 Å². The van der Waals surface area contributed by atoms with Gasteiger partial charge in [-0.1, -0.05) is 6.07 Å². The van der Waals surface area contributed by atoms with Gasteiger partial charge < -0.3 is 10.0 Å². The number of phenols is 1. The molecular weight excluding hydrogens is 262 g/mol. The molecule has 4 heteroatoms. The summed E-state index contributed by atoms with van der Waals surface area (Å²) >= 11 is 0. The van der Waals surface area contributed by atoms with E-state index in [1.165, 1.54) is 0 Å². The van der Waals surface area contributed by atoms with Crippen molar-refractivity contribution in [3.8, 4) is 5.75 Å². The van der Waals surface area contributed by atoms with Crippen LogP contribution in [0.5, 0.6) is 5.75 Å². The second kappa shape index (κ2) is 6.88. The summed E-state index contributed by atoms with van der Waals surface area (Å²) in [7, 11) is 0. The molecule has 0 saturated carbocycles. The topological polar surface area (TPSA) is 48.7 Å². The number of phenolic OH excluding ortho intramolecular Hbond substituents is 1. The number of aliphatic imine (C=N–C) groups is 1. The number of hydrogen-bond donors (Lipinski definition) is 1. The van der Waals surface area contributed by atoms with Crippen molar-refractivity contribution in [2.75, 3.05) is 18.0 Å². The molecule has 1 aromatic carbocycles. The Bertz CT molecular complexity index is 616. The van der Waals surface area contributed by atoms with Crippen LogP contribution >= 0.6 is 0 Å². The standard InChI is InChI=1S/C17H21N3O/c1-4-20(5-2)15-8-7-14(16(21)10-15)12-19-17-9-6-13(3)11-18-17/h6-12,21H,4-5H2,1-3H3. The SMILES string of the molecule is CCN(CC)c1ccc(C=Nc2ccc(C)cn2)c(O)c1. The van der Waals surface area contributed by atoms with Gasteiger partial charge in [-0.3, -0.25) is 0 Å². The van der Waals surface area contributed by atoms with Gasteiger partial charge in [0, 0.05) is 42.8 Å². The van der Waals surface area contributed by atoms with Crippen molar-refractivity contribution < 1.29 is 5.11 Å². The van der Waals surface area contributed by atoms with Gasteiger partial charge in [0.1, 0.15) is 5.75 Å². The molecule has 0 unspecified atom stereocenters. The highest BCUT2D eigenvalue weighted by atomic mass is 16.3. The molecule has 0 fully saturated rings. The lowest BCUT2D eigenvalue weighted by atomic mass is 10.2. The minimum atomic E-state index is 0.232. The minimum Gasteiger partial charge on any atom is -0.507 e. The van der Waals surface area contributed by atoms with Crippen LogP contribution in [0.3, 0.4) is 0 Å². The van der Waals surface area contributed by atoms with Crippen LogP contribution in [0.4, 0.5) is 11.5 Å². The molecular formula is C17H21N3O. The molecule has 0 spiro atoms. The molecule has 0 aliphatic carbocycles. The first-order chi connectivity index (χ1) is 10.1. The number of rotatable bonds is 5. The van der Waals surface area contributed by atoms with Crippen molar-refractivity contribution >= 4 is 17.7 Å². The van der Waals surface area contributed by atoms with Gasteiger partial charge in [-0.2, -0.15) is 0 Å². The summed E-state index contributed by atoms with van der Waals surface area (Å²) in [5.74, 6) is 0.864. The maximum absolute atomic E-state index is 10.1. The van der Waals surface area contributed by atoms with E-state index in [1.54, 1.807) is 18.5 Å². The molecule has 0 atom stereocenters. The van der Waals surface area contributed by atoms with Crippen LogP contribution < -0.4 is 4.90 Å². The van der Waals surface area contributed by atoms with Gasteiger partial charge >= 0.3 is 0 Å². The molecule has 0 bridgehead atoms. The van der Waals surface area contributed by atoms with E-state index in [-0.39, 0.29) is 5.75 Å². The van der Waals surface area contributed by atoms with Crippen molar-refractivity contribution in [3.63, 3.8) is 0 Å². The number of hydrogen-bond acceptors (Lipinski definition) is 4. The summed E-state index contributed by atoms with van der Waals surface area (Å²) in [6.45, 7) is 8.00. The Morgan fingerprint density at radius 1 is 1.19 bits per heavy atom. The summed E-state index contributed by atoms with van der Waals surface area (Å²) in [5, 5.41) is 10.1. The highest BCUT2D eigenvalue weighted by Crippen LogP contribution is 2.24. The van der Waals surface area contributed by atoms with E-state index in [4.69, 9.17) is 0 Å². The molecule has 110 valence electrons. The van der Waals surface area contributed by atoms with Gasteiger partial charge in [0.25, 0.3) is 0 Å². The zero-order valence-electron chi connectivity index (χ0n) is 12.7. The van der Waals surface area contributed by atoms with Crippen molar-refractivity contribution in [2.45, 2.75) is 20.8 Å². The maximum atomic E-state index is 10.1. The lowest BCUT2D eigenvalue weighted by Crippen LogP contribution is -2.21. The average Bonchev–Trinajstić information content (AvgIpc) is 2.49. The average molecular weight is 283 g/mol. The van der Waals surface area contributed by atoms with Gasteiger partial charge in [-0.25, -0.2) is 9.98 Å². The second-order valence-electron chi connectivity index (χ2n) is 4.87. The highest BCUT2D eigenvalue weighted by molar-refractivity contribution is 5.86. The van der Waals surface area contributed by atoms with Crippen LogP contribution in [-0.2, 0) is 0 Å². The summed E-state index contributed by atoms with van der Waals surface area (Å²) in [6.07, 6.45) is 3.41. The fourth-order valence-corrected chi connectivity index (χ4v) is 2.10. The van der Waals surface area contributed by atoms with Crippen LogP contribution in [0.1, 0.15) is 25.0 Å². The molecule has 0 aliphatic heterocycles. The van der Waals surface area contributed by atoms with Crippen molar-refractivity contribution in [2.24, 2.45) is 4.99 Å². The van der Waals surface area contributed by atoms with E-state index >= 15 is 0 Å². The number of nitrogens with zero attached hydrogens (tertiary/aromatic N) is 3. The Labute approximate surface area is 125 Å². The Morgan fingerprint density at radius 2 is 1.95 bits per heavy atom. The fraction of sp³-hybridized carbons (Fsp3) is 0.294. The first kappa shape index (κ1) is 15.0. The Kier molecular flexibility index (Phi) is 4.93. The van der Waals surface area contributed by atoms with E-state index in [2.05, 4.69) is 28.7 Å². The largest absolute Gasteiger partial charge is 0.507 e. The predicted octanol–water partition coefficient (Wildman–Crippen LogP) is 3.69. The zero-order chi connectivity index (χ0) is 15.2.